The highest BCUT2D eigenvalue weighted by atomic mass is 35.5. The van der Waals surface area contributed by atoms with Crippen LogP contribution in [0, 0.1) is 18.6 Å². The molecule has 2 atom stereocenters. The highest BCUT2D eigenvalue weighted by molar-refractivity contribution is 6.30. The molecule has 2 heterocycles. The monoisotopic (exact) mass is 460 g/mol. The van der Waals surface area contributed by atoms with Crippen LogP contribution in [0.3, 0.4) is 0 Å². The van der Waals surface area contributed by atoms with Gasteiger partial charge >= 0.3 is 5.69 Å². The van der Waals surface area contributed by atoms with Crippen LogP contribution in [0.2, 0.25) is 5.02 Å². The quantitative estimate of drug-likeness (QED) is 0.477. The van der Waals surface area contributed by atoms with Gasteiger partial charge in [-0.1, -0.05) is 17.7 Å². The first kappa shape index (κ1) is 21.8. The Morgan fingerprint density at radius 2 is 1.91 bits per heavy atom. The Labute approximate surface area is 186 Å². The number of hydrogen-bond donors (Lipinski definition) is 1. The predicted molar refractivity (Wildman–Crippen MR) is 113 cm³/mol. The molecule has 166 valence electrons. The van der Waals surface area contributed by atoms with Crippen LogP contribution in [-0.2, 0) is 12.1 Å². The molecule has 8 nitrogen and oxygen atoms in total. The van der Waals surface area contributed by atoms with Crippen LogP contribution in [0.5, 0.6) is 0 Å². The van der Waals surface area contributed by atoms with Gasteiger partial charge in [-0.2, -0.15) is 14.9 Å². The molecule has 4 aromatic rings. The lowest BCUT2D eigenvalue weighted by Gasteiger charge is -2.35. The smallest absolute Gasteiger partial charge is 0.351 e. The molecule has 2 aromatic carbocycles. The van der Waals surface area contributed by atoms with Crippen molar-refractivity contribution in [3.63, 3.8) is 0 Å². The summed E-state index contributed by atoms with van der Waals surface area (Å²) in [5.74, 6) is -1.45. The van der Waals surface area contributed by atoms with Crippen molar-refractivity contribution in [1.82, 2.24) is 29.1 Å². The van der Waals surface area contributed by atoms with Gasteiger partial charge in [-0.3, -0.25) is 4.57 Å². The van der Waals surface area contributed by atoms with E-state index in [1.807, 2.05) is 0 Å². The topological polar surface area (TPSA) is 90.8 Å². The van der Waals surface area contributed by atoms with Crippen LogP contribution in [-0.4, -0.2) is 34.2 Å². The summed E-state index contributed by atoms with van der Waals surface area (Å²) in [6, 6.07) is 8.37. The highest BCUT2D eigenvalue weighted by Crippen LogP contribution is 2.36. The third-order valence-electron chi connectivity index (χ3n) is 5.40. The van der Waals surface area contributed by atoms with E-state index in [0.717, 1.165) is 12.1 Å². The van der Waals surface area contributed by atoms with Gasteiger partial charge in [0.2, 0.25) is 0 Å². The summed E-state index contributed by atoms with van der Waals surface area (Å²) in [6.45, 7) is 2.91. The lowest BCUT2D eigenvalue weighted by Crippen LogP contribution is -2.44. The van der Waals surface area contributed by atoms with Crippen LogP contribution in [0.4, 0.5) is 8.78 Å². The van der Waals surface area contributed by atoms with Gasteiger partial charge in [0.1, 0.15) is 35.7 Å². The average molecular weight is 461 g/mol. The van der Waals surface area contributed by atoms with Crippen LogP contribution in [0.15, 0.2) is 59.9 Å². The normalized spacial score (nSPS) is 14.3. The van der Waals surface area contributed by atoms with Gasteiger partial charge in [-0.25, -0.2) is 23.2 Å². The Morgan fingerprint density at radius 3 is 2.53 bits per heavy atom. The van der Waals surface area contributed by atoms with Crippen molar-refractivity contribution in [3.05, 3.63) is 93.6 Å². The van der Waals surface area contributed by atoms with Gasteiger partial charge in [0.25, 0.3) is 0 Å². The Balaban J connectivity index is 1.85. The zero-order valence-corrected chi connectivity index (χ0v) is 17.9. The molecule has 0 aliphatic heterocycles. The fraction of sp³-hybridized carbons (Fsp3) is 0.238. The lowest BCUT2D eigenvalue weighted by atomic mass is 9.86. The van der Waals surface area contributed by atoms with Crippen molar-refractivity contribution in [2.24, 2.45) is 0 Å². The maximum Gasteiger partial charge on any atom is 0.351 e. The molecule has 0 saturated heterocycles. The molecule has 0 bridgehead atoms. The fourth-order valence-corrected chi connectivity index (χ4v) is 3.86. The van der Waals surface area contributed by atoms with Gasteiger partial charge in [0.05, 0.1) is 18.3 Å². The number of hydrogen-bond acceptors (Lipinski definition) is 5. The van der Waals surface area contributed by atoms with E-state index in [-0.39, 0.29) is 17.9 Å². The SMILES string of the molecule is Cc1nn(-c2ccc(Cl)cc2)c(=O)n1[C@H](C)[C@](O)(Cn1cncn1)c1ccc(F)cc1F. The number of aliphatic hydroxyl groups is 1. The van der Waals surface area contributed by atoms with Crippen LogP contribution in [0.1, 0.15) is 24.4 Å². The van der Waals surface area contributed by atoms with E-state index in [2.05, 4.69) is 15.2 Å². The van der Waals surface area contributed by atoms with Crippen molar-refractivity contribution >= 4 is 11.6 Å². The van der Waals surface area contributed by atoms with Crippen molar-refractivity contribution in [3.8, 4) is 5.69 Å². The lowest BCUT2D eigenvalue weighted by molar-refractivity contribution is -0.0348. The summed E-state index contributed by atoms with van der Waals surface area (Å²) in [5, 5.41) is 20.5. The third kappa shape index (κ3) is 3.82. The second-order valence-corrected chi connectivity index (χ2v) is 7.84. The minimum absolute atomic E-state index is 0.188. The molecule has 11 heteroatoms. The maximum atomic E-state index is 14.8. The zero-order chi connectivity index (χ0) is 23.0. The van der Waals surface area contributed by atoms with Gasteiger partial charge in [0, 0.05) is 16.7 Å². The predicted octanol–water partition coefficient (Wildman–Crippen LogP) is 3.01. The van der Waals surface area contributed by atoms with Gasteiger partial charge in [0.15, 0.2) is 0 Å². The number of aromatic nitrogens is 6. The number of aryl methyl sites for hydroxylation is 1. The maximum absolute atomic E-state index is 14.8. The van der Waals surface area contributed by atoms with Crippen molar-refractivity contribution in [2.45, 2.75) is 32.0 Å². The van der Waals surface area contributed by atoms with Crippen molar-refractivity contribution in [2.75, 3.05) is 0 Å². The van der Waals surface area contributed by atoms with Gasteiger partial charge in [-0.05, 0) is 44.2 Å². The second-order valence-electron chi connectivity index (χ2n) is 7.41. The molecule has 0 amide bonds. The summed E-state index contributed by atoms with van der Waals surface area (Å²) in [5.41, 5.74) is -2.25. The molecule has 4 rings (SSSR count). The van der Waals surface area contributed by atoms with Crippen LogP contribution < -0.4 is 5.69 Å². The first-order valence-electron chi connectivity index (χ1n) is 9.65. The summed E-state index contributed by atoms with van der Waals surface area (Å²) in [4.78, 5) is 17.1. The van der Waals surface area contributed by atoms with E-state index in [0.29, 0.717) is 16.8 Å². The van der Waals surface area contributed by atoms with Gasteiger partial charge < -0.3 is 5.11 Å². The minimum atomic E-state index is -1.99. The Hall–Kier alpha value is -3.37. The fourth-order valence-electron chi connectivity index (χ4n) is 3.73. The van der Waals surface area contributed by atoms with Crippen molar-refractivity contribution in [1.29, 1.82) is 0 Å². The number of nitrogens with zero attached hydrogens (tertiary/aromatic N) is 6. The summed E-state index contributed by atoms with van der Waals surface area (Å²) in [7, 11) is 0. The van der Waals surface area contributed by atoms with Crippen LogP contribution in [0.25, 0.3) is 5.69 Å². The molecule has 32 heavy (non-hydrogen) atoms. The van der Waals surface area contributed by atoms with E-state index < -0.39 is 29.0 Å². The van der Waals surface area contributed by atoms with E-state index >= 15 is 0 Å². The molecule has 0 fully saturated rings. The molecule has 1 N–H and O–H groups in total. The van der Waals surface area contributed by atoms with Crippen molar-refractivity contribution < 1.29 is 13.9 Å². The summed E-state index contributed by atoms with van der Waals surface area (Å²) in [6.07, 6.45) is 2.62. The Kier molecular flexibility index (Phi) is 5.66. The number of rotatable bonds is 6. The molecular weight excluding hydrogens is 442 g/mol. The molecule has 2 aromatic heterocycles. The standard InChI is InChI=1S/C21H19ClF2N6O2/c1-13(29-14(2)27-30(20(29)31)17-6-3-15(22)4-7-17)21(32,10-28-12-25-11-26-28)18-8-5-16(23)9-19(18)24/h3-9,11-13,32H,10H2,1-2H3/t13-,21-/m1/s1. The van der Waals surface area contributed by atoms with E-state index in [1.54, 1.807) is 38.1 Å². The zero-order valence-electron chi connectivity index (χ0n) is 17.2. The average Bonchev–Trinajstić information content (AvgIpc) is 3.35. The van der Waals surface area contributed by atoms with E-state index in [9.17, 15) is 18.7 Å². The molecule has 0 unspecified atom stereocenters. The first-order valence-corrected chi connectivity index (χ1v) is 10.0. The molecular formula is C21H19ClF2N6O2. The minimum Gasteiger partial charge on any atom is -0.381 e. The van der Waals surface area contributed by atoms with Gasteiger partial charge in [-0.15, -0.1) is 0 Å². The van der Waals surface area contributed by atoms with E-state index in [4.69, 9.17) is 11.6 Å². The summed E-state index contributed by atoms with van der Waals surface area (Å²) < 4.78 is 32.1. The molecule has 0 spiro atoms. The molecule has 0 saturated carbocycles. The Bertz CT molecular complexity index is 1300. The highest BCUT2D eigenvalue weighted by Gasteiger charge is 2.42. The second kappa shape index (κ2) is 8.29. The third-order valence-corrected chi connectivity index (χ3v) is 5.65. The first-order chi connectivity index (χ1) is 15.2. The Morgan fingerprint density at radius 1 is 1.19 bits per heavy atom. The summed E-state index contributed by atoms with van der Waals surface area (Å²) >= 11 is 5.93. The largest absolute Gasteiger partial charge is 0.381 e. The molecule has 0 aliphatic carbocycles. The van der Waals surface area contributed by atoms with E-state index in [1.165, 1.54) is 26.6 Å². The number of benzene rings is 2. The molecule has 0 aliphatic rings. The van der Waals surface area contributed by atoms with Crippen LogP contribution >= 0.6 is 11.6 Å². The number of halogens is 3. The molecule has 0 radical (unpaired) electrons.